The molecule has 1 amide bonds. The van der Waals surface area contributed by atoms with E-state index in [0.29, 0.717) is 13.2 Å². The third kappa shape index (κ3) is 3.37. The van der Waals surface area contributed by atoms with Crippen LogP contribution in [0.2, 0.25) is 0 Å². The van der Waals surface area contributed by atoms with Gasteiger partial charge < -0.3 is 20.4 Å². The van der Waals surface area contributed by atoms with Crippen LogP contribution < -0.4 is 11.1 Å². The van der Waals surface area contributed by atoms with E-state index in [1.807, 2.05) is 0 Å². The summed E-state index contributed by atoms with van der Waals surface area (Å²) in [6, 6.07) is 0. The first-order chi connectivity index (χ1) is 9.39. The number of imidazole rings is 1. The zero-order valence-electron chi connectivity index (χ0n) is 12.5. The van der Waals surface area contributed by atoms with Crippen molar-refractivity contribution in [2.45, 2.75) is 45.7 Å². The average molecular weight is 280 g/mol. The molecule has 6 heteroatoms. The van der Waals surface area contributed by atoms with Crippen LogP contribution >= 0.6 is 0 Å². The van der Waals surface area contributed by atoms with Crippen molar-refractivity contribution in [1.82, 2.24) is 14.9 Å². The fourth-order valence-electron chi connectivity index (χ4n) is 2.51. The number of hydrogen-bond donors (Lipinski definition) is 2. The molecular weight excluding hydrogens is 256 g/mol. The number of hydrogen-bond acceptors (Lipinski definition) is 4. The van der Waals surface area contributed by atoms with E-state index in [0.717, 1.165) is 31.0 Å². The number of fused-ring (bicyclic) bond motifs is 1. The summed E-state index contributed by atoms with van der Waals surface area (Å²) in [5.41, 5.74) is 7.48. The molecule has 20 heavy (non-hydrogen) atoms. The molecule has 0 aliphatic carbocycles. The van der Waals surface area contributed by atoms with Crippen LogP contribution in [0.4, 0.5) is 0 Å². The fourth-order valence-corrected chi connectivity index (χ4v) is 2.51. The zero-order chi connectivity index (χ0) is 14.8. The van der Waals surface area contributed by atoms with Gasteiger partial charge in [-0.2, -0.15) is 0 Å². The first-order valence-electron chi connectivity index (χ1n) is 7.05. The Kier molecular flexibility index (Phi) is 4.45. The highest BCUT2D eigenvalue weighted by Gasteiger charge is 2.26. The lowest BCUT2D eigenvalue weighted by Crippen LogP contribution is -2.27. The van der Waals surface area contributed by atoms with Gasteiger partial charge in [0.15, 0.2) is 0 Å². The second-order valence-corrected chi connectivity index (χ2v) is 6.18. The molecule has 112 valence electrons. The van der Waals surface area contributed by atoms with E-state index in [9.17, 15) is 4.79 Å². The van der Waals surface area contributed by atoms with Crippen molar-refractivity contribution in [2.24, 2.45) is 5.73 Å². The van der Waals surface area contributed by atoms with Crippen LogP contribution in [-0.4, -0.2) is 35.2 Å². The van der Waals surface area contributed by atoms with Gasteiger partial charge in [-0.25, -0.2) is 4.98 Å². The number of nitrogens with two attached hydrogens (primary N) is 1. The minimum absolute atomic E-state index is 0.0129. The summed E-state index contributed by atoms with van der Waals surface area (Å²) < 4.78 is 7.54. The molecule has 1 aliphatic heterocycles. The van der Waals surface area contributed by atoms with Crippen LogP contribution in [-0.2, 0) is 34.5 Å². The molecule has 0 saturated carbocycles. The quantitative estimate of drug-likeness (QED) is 0.761. The molecule has 0 radical (unpaired) electrons. The van der Waals surface area contributed by atoms with Gasteiger partial charge in [-0.1, -0.05) is 20.8 Å². The van der Waals surface area contributed by atoms with Crippen LogP contribution in [0.25, 0.3) is 0 Å². The Morgan fingerprint density at radius 1 is 1.50 bits per heavy atom. The van der Waals surface area contributed by atoms with Crippen LogP contribution in [0.5, 0.6) is 0 Å². The van der Waals surface area contributed by atoms with Crippen molar-refractivity contribution in [2.75, 3.05) is 19.8 Å². The van der Waals surface area contributed by atoms with E-state index in [1.165, 1.54) is 5.69 Å². The van der Waals surface area contributed by atoms with Crippen LogP contribution in [0, 0.1) is 0 Å². The fraction of sp³-hybridized carbons (Fsp3) is 0.714. The Bertz CT molecular complexity index is 488. The zero-order valence-corrected chi connectivity index (χ0v) is 12.5. The largest absolute Gasteiger partial charge is 0.370 e. The van der Waals surface area contributed by atoms with Gasteiger partial charge in [0.2, 0.25) is 5.91 Å². The molecule has 0 spiro atoms. The smallest absolute Gasteiger partial charge is 0.243 e. The van der Waals surface area contributed by atoms with Gasteiger partial charge in [-0.3, -0.25) is 4.79 Å². The van der Waals surface area contributed by atoms with E-state index < -0.39 is 5.91 Å². The predicted molar refractivity (Wildman–Crippen MR) is 76.4 cm³/mol. The Morgan fingerprint density at radius 2 is 2.25 bits per heavy atom. The van der Waals surface area contributed by atoms with Gasteiger partial charge in [0.05, 0.1) is 12.3 Å². The lowest BCUT2D eigenvalue weighted by molar-refractivity contribution is -0.122. The Morgan fingerprint density at radius 3 is 2.90 bits per heavy atom. The molecule has 1 aromatic heterocycles. The van der Waals surface area contributed by atoms with Gasteiger partial charge in [-0.15, -0.1) is 0 Å². The highest BCUT2D eigenvalue weighted by Crippen LogP contribution is 2.26. The highest BCUT2D eigenvalue weighted by atomic mass is 16.5. The molecular formula is C14H24N4O2. The lowest BCUT2D eigenvalue weighted by atomic mass is 9.95. The molecule has 3 N–H and O–H groups in total. The van der Waals surface area contributed by atoms with Gasteiger partial charge >= 0.3 is 0 Å². The van der Waals surface area contributed by atoms with Gasteiger partial charge in [0.1, 0.15) is 12.4 Å². The minimum atomic E-state index is -0.432. The molecule has 1 aliphatic rings. The summed E-state index contributed by atoms with van der Waals surface area (Å²) >= 11 is 0. The second-order valence-electron chi connectivity index (χ2n) is 6.18. The molecule has 2 heterocycles. The molecule has 0 bridgehead atoms. The number of nitrogens with zero attached hydrogens (tertiary/aromatic N) is 2. The molecule has 0 atom stereocenters. The number of rotatable bonds is 5. The molecule has 0 fully saturated rings. The van der Waals surface area contributed by atoms with Crippen molar-refractivity contribution >= 4 is 5.91 Å². The maximum Gasteiger partial charge on any atom is 0.243 e. The topological polar surface area (TPSA) is 82.2 Å². The standard InChI is InChI=1S/C14H24N4O2/c1-14(2,3)13-17-10-8-16-5-4-11(10)18(13)6-7-20-9-12(15)19/h16H,4-9H2,1-3H3,(H2,15,19). The molecule has 0 saturated heterocycles. The summed E-state index contributed by atoms with van der Waals surface area (Å²) in [4.78, 5) is 15.5. The van der Waals surface area contributed by atoms with Gasteiger partial charge in [-0.05, 0) is 0 Å². The Labute approximate surface area is 119 Å². The summed E-state index contributed by atoms with van der Waals surface area (Å²) in [7, 11) is 0. The summed E-state index contributed by atoms with van der Waals surface area (Å²) in [6.45, 7) is 9.45. The van der Waals surface area contributed by atoms with E-state index in [-0.39, 0.29) is 12.0 Å². The third-order valence-corrected chi connectivity index (χ3v) is 3.36. The van der Waals surface area contributed by atoms with E-state index >= 15 is 0 Å². The number of carbonyl (C=O) groups is 1. The summed E-state index contributed by atoms with van der Waals surface area (Å²) in [5, 5.41) is 3.35. The minimum Gasteiger partial charge on any atom is -0.370 e. The van der Waals surface area contributed by atoms with E-state index in [4.69, 9.17) is 15.5 Å². The third-order valence-electron chi connectivity index (χ3n) is 3.36. The highest BCUT2D eigenvalue weighted by molar-refractivity contribution is 5.74. The van der Waals surface area contributed by atoms with Crippen LogP contribution in [0.1, 0.15) is 38.0 Å². The summed E-state index contributed by atoms with van der Waals surface area (Å²) in [5.74, 6) is 0.645. The van der Waals surface area contributed by atoms with Crippen molar-refractivity contribution in [3.8, 4) is 0 Å². The monoisotopic (exact) mass is 280 g/mol. The number of ether oxygens (including phenoxy) is 1. The number of carbonyl (C=O) groups excluding carboxylic acids is 1. The van der Waals surface area contributed by atoms with Crippen molar-refractivity contribution in [1.29, 1.82) is 0 Å². The van der Waals surface area contributed by atoms with Gasteiger partial charge in [0.25, 0.3) is 0 Å². The molecule has 1 aromatic rings. The lowest BCUT2D eigenvalue weighted by Gasteiger charge is -2.21. The number of aromatic nitrogens is 2. The first kappa shape index (κ1) is 15.0. The van der Waals surface area contributed by atoms with Crippen LogP contribution in [0.3, 0.4) is 0 Å². The normalized spacial score (nSPS) is 15.2. The molecule has 0 aromatic carbocycles. The second kappa shape index (κ2) is 5.93. The Balaban J connectivity index is 2.16. The Hall–Kier alpha value is -1.40. The van der Waals surface area contributed by atoms with Crippen LogP contribution in [0.15, 0.2) is 0 Å². The SMILES string of the molecule is CC(C)(C)c1nc2c(n1CCOCC(N)=O)CCNC2. The molecule has 2 rings (SSSR count). The first-order valence-corrected chi connectivity index (χ1v) is 7.05. The van der Waals surface area contributed by atoms with Crippen molar-refractivity contribution in [3.05, 3.63) is 17.2 Å². The average Bonchev–Trinajstić information content (AvgIpc) is 2.73. The predicted octanol–water partition coefficient (Wildman–Crippen LogP) is 0.328. The molecule has 6 nitrogen and oxygen atoms in total. The van der Waals surface area contributed by atoms with Crippen molar-refractivity contribution in [3.63, 3.8) is 0 Å². The van der Waals surface area contributed by atoms with E-state index in [1.54, 1.807) is 0 Å². The number of primary amides is 1. The number of amides is 1. The summed E-state index contributed by atoms with van der Waals surface area (Å²) in [6.07, 6.45) is 0.980. The van der Waals surface area contributed by atoms with E-state index in [2.05, 4.69) is 30.7 Å². The van der Waals surface area contributed by atoms with Gasteiger partial charge in [0, 0.05) is 37.2 Å². The maximum atomic E-state index is 10.7. The number of nitrogens with one attached hydrogen (secondary N) is 1. The molecule has 0 unspecified atom stereocenters. The maximum absolute atomic E-state index is 10.7. The van der Waals surface area contributed by atoms with Crippen molar-refractivity contribution < 1.29 is 9.53 Å².